The van der Waals surface area contributed by atoms with Gasteiger partial charge >= 0.3 is 6.03 Å². The Labute approximate surface area is 123 Å². The molecule has 1 aromatic carbocycles. The second-order valence-corrected chi connectivity index (χ2v) is 5.30. The first-order valence-corrected chi connectivity index (χ1v) is 7.10. The molecule has 0 unspecified atom stereocenters. The van der Waals surface area contributed by atoms with Gasteiger partial charge in [0.1, 0.15) is 5.82 Å². The first kappa shape index (κ1) is 15.3. The molecule has 1 aromatic rings. The van der Waals surface area contributed by atoms with Crippen molar-refractivity contribution >= 4 is 17.6 Å². The van der Waals surface area contributed by atoms with Crippen LogP contribution in [0.5, 0.6) is 0 Å². The van der Waals surface area contributed by atoms with E-state index in [9.17, 15) is 14.0 Å². The van der Waals surface area contributed by atoms with Gasteiger partial charge in [0.15, 0.2) is 0 Å². The Bertz CT molecular complexity index is 496. The number of likely N-dealkylation sites (tertiary alicyclic amines) is 1. The predicted molar refractivity (Wildman–Crippen MR) is 78.4 cm³/mol. The number of nitrogens with one attached hydrogen (secondary N) is 2. The quantitative estimate of drug-likeness (QED) is 0.897. The van der Waals surface area contributed by atoms with Crippen molar-refractivity contribution in [2.75, 3.05) is 25.0 Å². The van der Waals surface area contributed by atoms with Gasteiger partial charge in [-0.15, -0.1) is 0 Å². The normalized spacial score (nSPS) is 15.6. The molecule has 0 bridgehead atoms. The van der Waals surface area contributed by atoms with Gasteiger partial charge < -0.3 is 15.5 Å². The van der Waals surface area contributed by atoms with Gasteiger partial charge in [-0.2, -0.15) is 0 Å². The average Bonchev–Trinajstić information content (AvgIpc) is 2.48. The third-order valence-electron chi connectivity index (χ3n) is 3.64. The molecule has 2 N–H and O–H groups in total. The van der Waals surface area contributed by atoms with Crippen LogP contribution in [-0.4, -0.2) is 36.5 Å². The lowest BCUT2D eigenvalue weighted by Gasteiger charge is -2.32. The van der Waals surface area contributed by atoms with Gasteiger partial charge in [0.2, 0.25) is 5.91 Å². The van der Waals surface area contributed by atoms with E-state index in [4.69, 9.17) is 0 Å². The molecule has 0 atom stereocenters. The number of urea groups is 1. The number of piperidine rings is 1. The smallest absolute Gasteiger partial charge is 0.321 e. The number of hydrogen-bond donors (Lipinski definition) is 2. The Hall–Kier alpha value is -2.11. The molecule has 1 fully saturated rings. The average molecular weight is 293 g/mol. The second-order valence-electron chi connectivity index (χ2n) is 5.30. The van der Waals surface area contributed by atoms with Crippen LogP contribution in [0.3, 0.4) is 0 Å². The molecular formula is C15H20FN3O2. The number of hydrogen-bond acceptors (Lipinski definition) is 2. The van der Waals surface area contributed by atoms with Crippen molar-refractivity contribution in [1.29, 1.82) is 0 Å². The summed E-state index contributed by atoms with van der Waals surface area (Å²) in [6.45, 7) is 3.50. The summed E-state index contributed by atoms with van der Waals surface area (Å²) >= 11 is 0. The van der Waals surface area contributed by atoms with E-state index in [-0.39, 0.29) is 17.8 Å². The Morgan fingerprint density at radius 1 is 1.24 bits per heavy atom. The van der Waals surface area contributed by atoms with Gasteiger partial charge in [-0.25, -0.2) is 9.18 Å². The Morgan fingerprint density at radius 2 is 1.86 bits per heavy atom. The van der Waals surface area contributed by atoms with Crippen molar-refractivity contribution in [2.24, 2.45) is 5.92 Å². The van der Waals surface area contributed by atoms with E-state index in [1.165, 1.54) is 31.2 Å². The summed E-state index contributed by atoms with van der Waals surface area (Å²) in [6, 6.07) is 5.54. The van der Waals surface area contributed by atoms with Crippen molar-refractivity contribution < 1.29 is 14.0 Å². The molecular weight excluding hydrogens is 273 g/mol. The van der Waals surface area contributed by atoms with E-state index in [2.05, 4.69) is 10.6 Å². The third kappa shape index (κ3) is 4.73. The Kier molecular flexibility index (Phi) is 5.14. The van der Waals surface area contributed by atoms with Crippen molar-refractivity contribution in [3.63, 3.8) is 0 Å². The zero-order valence-electron chi connectivity index (χ0n) is 12.1. The lowest BCUT2D eigenvalue weighted by atomic mass is 9.97. The molecule has 21 heavy (non-hydrogen) atoms. The van der Waals surface area contributed by atoms with Crippen LogP contribution in [0.2, 0.25) is 0 Å². The van der Waals surface area contributed by atoms with Crippen LogP contribution in [0, 0.1) is 11.7 Å². The Morgan fingerprint density at radius 3 is 2.43 bits per heavy atom. The summed E-state index contributed by atoms with van der Waals surface area (Å²) in [4.78, 5) is 24.7. The van der Waals surface area contributed by atoms with Gasteiger partial charge in [-0.05, 0) is 43.0 Å². The molecule has 5 nitrogen and oxygen atoms in total. The molecule has 0 spiro atoms. The molecule has 114 valence electrons. The van der Waals surface area contributed by atoms with Crippen LogP contribution in [0.4, 0.5) is 14.9 Å². The molecule has 0 aliphatic carbocycles. The second kappa shape index (κ2) is 7.06. The maximum absolute atomic E-state index is 12.8. The predicted octanol–water partition coefficient (Wildman–Crippen LogP) is 2.21. The maximum atomic E-state index is 12.8. The van der Waals surface area contributed by atoms with E-state index in [1.54, 1.807) is 4.90 Å². The zero-order valence-corrected chi connectivity index (χ0v) is 12.1. The summed E-state index contributed by atoms with van der Waals surface area (Å²) in [5.41, 5.74) is 0.585. The molecule has 1 aliphatic rings. The molecule has 3 amide bonds. The molecule has 1 saturated heterocycles. The summed E-state index contributed by atoms with van der Waals surface area (Å²) in [7, 11) is 0. The van der Waals surface area contributed by atoms with Gasteiger partial charge in [-0.1, -0.05) is 0 Å². The van der Waals surface area contributed by atoms with E-state index in [0.29, 0.717) is 31.2 Å². The topological polar surface area (TPSA) is 61.4 Å². The summed E-state index contributed by atoms with van der Waals surface area (Å²) in [5, 5.41) is 5.57. The van der Waals surface area contributed by atoms with Gasteiger partial charge in [-0.3, -0.25) is 4.79 Å². The standard InChI is InChI=1S/C15H20FN3O2/c1-11(20)17-10-12-6-8-19(9-7-12)15(21)18-14-4-2-13(16)3-5-14/h2-5,12H,6-10H2,1H3,(H,17,20)(H,18,21). The highest BCUT2D eigenvalue weighted by molar-refractivity contribution is 5.89. The van der Waals surface area contributed by atoms with Crippen LogP contribution in [0.1, 0.15) is 19.8 Å². The number of carbonyl (C=O) groups excluding carboxylic acids is 2. The van der Waals surface area contributed by atoms with Crippen LogP contribution < -0.4 is 10.6 Å². The highest BCUT2D eigenvalue weighted by atomic mass is 19.1. The number of nitrogens with zero attached hydrogens (tertiary/aromatic N) is 1. The fourth-order valence-corrected chi connectivity index (χ4v) is 2.36. The maximum Gasteiger partial charge on any atom is 0.321 e. The molecule has 1 heterocycles. The van der Waals surface area contributed by atoms with Gasteiger partial charge in [0, 0.05) is 32.2 Å². The van der Waals surface area contributed by atoms with E-state index < -0.39 is 0 Å². The number of halogens is 1. The lowest BCUT2D eigenvalue weighted by Crippen LogP contribution is -2.43. The first-order chi connectivity index (χ1) is 10.0. The SMILES string of the molecule is CC(=O)NCC1CCN(C(=O)Nc2ccc(F)cc2)CC1. The summed E-state index contributed by atoms with van der Waals surface area (Å²) in [5.74, 6) is 0.0713. The molecule has 0 saturated carbocycles. The molecule has 0 radical (unpaired) electrons. The van der Waals surface area contributed by atoms with Crippen molar-refractivity contribution in [3.05, 3.63) is 30.1 Å². The van der Waals surface area contributed by atoms with Crippen LogP contribution in [0.25, 0.3) is 0 Å². The number of carbonyl (C=O) groups is 2. The zero-order chi connectivity index (χ0) is 15.2. The van der Waals surface area contributed by atoms with Crippen molar-refractivity contribution in [1.82, 2.24) is 10.2 Å². The summed E-state index contributed by atoms with van der Waals surface area (Å²) < 4.78 is 12.8. The molecule has 0 aromatic heterocycles. The van der Waals surface area contributed by atoms with Crippen molar-refractivity contribution in [2.45, 2.75) is 19.8 Å². The number of amides is 3. The van der Waals surface area contributed by atoms with E-state index in [0.717, 1.165) is 12.8 Å². The van der Waals surface area contributed by atoms with Crippen LogP contribution in [0.15, 0.2) is 24.3 Å². The fraction of sp³-hybridized carbons (Fsp3) is 0.467. The minimum atomic E-state index is -0.327. The molecule has 1 aliphatic heterocycles. The van der Waals surface area contributed by atoms with Crippen molar-refractivity contribution in [3.8, 4) is 0 Å². The number of rotatable bonds is 3. The monoisotopic (exact) mass is 293 g/mol. The highest BCUT2D eigenvalue weighted by Crippen LogP contribution is 2.17. The number of anilines is 1. The highest BCUT2D eigenvalue weighted by Gasteiger charge is 2.22. The molecule has 6 heteroatoms. The van der Waals surface area contributed by atoms with E-state index in [1.807, 2.05) is 0 Å². The summed E-state index contributed by atoms with van der Waals surface area (Å²) in [6.07, 6.45) is 1.74. The van der Waals surface area contributed by atoms with Crippen LogP contribution >= 0.6 is 0 Å². The minimum absolute atomic E-state index is 0.0218. The largest absolute Gasteiger partial charge is 0.356 e. The van der Waals surface area contributed by atoms with Crippen LogP contribution in [-0.2, 0) is 4.79 Å². The van der Waals surface area contributed by atoms with E-state index >= 15 is 0 Å². The third-order valence-corrected chi connectivity index (χ3v) is 3.64. The van der Waals surface area contributed by atoms with Gasteiger partial charge in [0.25, 0.3) is 0 Å². The Balaban J connectivity index is 1.77. The fourth-order valence-electron chi connectivity index (χ4n) is 2.36. The lowest BCUT2D eigenvalue weighted by molar-refractivity contribution is -0.119. The first-order valence-electron chi connectivity index (χ1n) is 7.10. The number of benzene rings is 1. The van der Waals surface area contributed by atoms with Gasteiger partial charge in [0.05, 0.1) is 0 Å². The minimum Gasteiger partial charge on any atom is -0.356 e. The molecule has 2 rings (SSSR count).